The summed E-state index contributed by atoms with van der Waals surface area (Å²) in [6.07, 6.45) is 6.72. The molecule has 0 aromatic heterocycles. The van der Waals surface area contributed by atoms with Gasteiger partial charge in [0.2, 0.25) is 0 Å². The van der Waals surface area contributed by atoms with Crippen LogP contribution < -0.4 is 10.2 Å². The quantitative estimate of drug-likeness (QED) is 0.898. The number of halogens is 1. The summed E-state index contributed by atoms with van der Waals surface area (Å²) in [6, 6.07) is 8.31. The zero-order chi connectivity index (χ0) is 13.2. The van der Waals surface area contributed by atoms with Crippen LogP contribution in [0.3, 0.4) is 0 Å². The molecule has 1 atom stereocenters. The highest BCUT2D eigenvalue weighted by molar-refractivity contribution is 9.10. The lowest BCUT2D eigenvalue weighted by Gasteiger charge is -2.35. The third-order valence-corrected chi connectivity index (χ3v) is 5.07. The molecule has 3 rings (SSSR count). The van der Waals surface area contributed by atoms with Gasteiger partial charge in [0.25, 0.3) is 0 Å². The molecule has 1 N–H and O–H groups in total. The molecular weight excluding hydrogens is 300 g/mol. The molecule has 2 nitrogen and oxygen atoms in total. The number of nitrogens with one attached hydrogen (secondary N) is 1. The van der Waals surface area contributed by atoms with E-state index in [4.69, 9.17) is 0 Å². The standard InChI is InChI=1S/C16H23BrN2/c1-12-4-2-3-9-19(12)15-8-5-13(16(17)10-15)11-18-14-6-7-14/h5,8,10,12,14,18H,2-4,6-7,9,11H2,1H3. The Labute approximate surface area is 124 Å². The zero-order valence-corrected chi connectivity index (χ0v) is 13.2. The smallest absolute Gasteiger partial charge is 0.0380 e. The summed E-state index contributed by atoms with van der Waals surface area (Å²) >= 11 is 3.74. The van der Waals surface area contributed by atoms with Crippen molar-refractivity contribution in [3.63, 3.8) is 0 Å². The molecule has 1 aromatic rings. The summed E-state index contributed by atoms with van der Waals surface area (Å²) in [7, 11) is 0. The first-order valence-corrected chi connectivity index (χ1v) is 8.32. The van der Waals surface area contributed by atoms with Crippen molar-refractivity contribution in [3.05, 3.63) is 28.2 Å². The maximum Gasteiger partial charge on any atom is 0.0380 e. The Hall–Kier alpha value is -0.540. The van der Waals surface area contributed by atoms with Gasteiger partial charge in [-0.25, -0.2) is 0 Å². The van der Waals surface area contributed by atoms with Gasteiger partial charge in [0.15, 0.2) is 0 Å². The Balaban J connectivity index is 1.70. The van der Waals surface area contributed by atoms with Crippen LogP contribution in [0.4, 0.5) is 5.69 Å². The van der Waals surface area contributed by atoms with Gasteiger partial charge in [0.1, 0.15) is 0 Å². The van der Waals surface area contributed by atoms with Gasteiger partial charge in [-0.15, -0.1) is 0 Å². The fourth-order valence-electron chi connectivity index (χ4n) is 2.88. The number of benzene rings is 1. The molecule has 0 spiro atoms. The number of piperidine rings is 1. The van der Waals surface area contributed by atoms with E-state index in [0.29, 0.717) is 6.04 Å². The molecule has 0 radical (unpaired) electrons. The number of hydrogen-bond donors (Lipinski definition) is 1. The van der Waals surface area contributed by atoms with Crippen LogP contribution in [0.15, 0.2) is 22.7 Å². The first-order valence-electron chi connectivity index (χ1n) is 7.52. The normalized spacial score (nSPS) is 23.7. The Kier molecular flexibility index (Phi) is 4.13. The van der Waals surface area contributed by atoms with Gasteiger partial charge in [-0.3, -0.25) is 0 Å². The molecule has 1 heterocycles. The lowest BCUT2D eigenvalue weighted by molar-refractivity contribution is 0.485. The lowest BCUT2D eigenvalue weighted by Crippen LogP contribution is -2.37. The highest BCUT2D eigenvalue weighted by Crippen LogP contribution is 2.29. The van der Waals surface area contributed by atoms with E-state index >= 15 is 0 Å². The van der Waals surface area contributed by atoms with Crippen molar-refractivity contribution in [3.8, 4) is 0 Å². The predicted octanol–water partition coefficient (Wildman–Crippen LogP) is 4.08. The van der Waals surface area contributed by atoms with E-state index in [1.807, 2.05) is 0 Å². The third kappa shape index (κ3) is 3.32. The summed E-state index contributed by atoms with van der Waals surface area (Å²) < 4.78 is 1.25. The van der Waals surface area contributed by atoms with E-state index in [2.05, 4.69) is 51.3 Å². The number of rotatable bonds is 4. The predicted molar refractivity (Wildman–Crippen MR) is 84.7 cm³/mol. The third-order valence-electron chi connectivity index (χ3n) is 4.33. The van der Waals surface area contributed by atoms with E-state index in [1.54, 1.807) is 0 Å². The Morgan fingerprint density at radius 3 is 2.79 bits per heavy atom. The summed E-state index contributed by atoms with van der Waals surface area (Å²) in [4.78, 5) is 2.55. The van der Waals surface area contributed by atoms with Gasteiger partial charge < -0.3 is 10.2 Å². The molecule has 1 unspecified atom stereocenters. The molecule has 1 saturated carbocycles. The maximum atomic E-state index is 3.74. The maximum absolute atomic E-state index is 3.74. The van der Waals surface area contributed by atoms with E-state index in [1.165, 1.54) is 54.4 Å². The number of hydrogen-bond acceptors (Lipinski definition) is 2. The highest BCUT2D eigenvalue weighted by Gasteiger charge is 2.21. The topological polar surface area (TPSA) is 15.3 Å². The van der Waals surface area contributed by atoms with E-state index in [0.717, 1.165) is 12.6 Å². The Bertz CT molecular complexity index is 442. The van der Waals surface area contributed by atoms with Crippen LogP contribution in [-0.2, 0) is 6.54 Å². The molecule has 1 aliphatic carbocycles. The minimum absolute atomic E-state index is 0.677. The zero-order valence-electron chi connectivity index (χ0n) is 11.7. The molecule has 1 saturated heterocycles. The molecule has 0 bridgehead atoms. The summed E-state index contributed by atoms with van der Waals surface area (Å²) in [5, 5.41) is 3.58. The molecule has 19 heavy (non-hydrogen) atoms. The molecule has 0 amide bonds. The second kappa shape index (κ2) is 5.84. The summed E-state index contributed by atoms with van der Waals surface area (Å²) in [6.45, 7) is 4.53. The van der Waals surface area contributed by atoms with E-state index < -0.39 is 0 Å². The van der Waals surface area contributed by atoms with Crippen LogP contribution in [0.2, 0.25) is 0 Å². The van der Waals surface area contributed by atoms with Gasteiger partial charge in [-0.2, -0.15) is 0 Å². The van der Waals surface area contributed by atoms with Crippen molar-refractivity contribution in [2.75, 3.05) is 11.4 Å². The van der Waals surface area contributed by atoms with Crippen LogP contribution in [0, 0.1) is 0 Å². The second-order valence-corrected chi connectivity index (χ2v) is 6.82. The van der Waals surface area contributed by atoms with Crippen molar-refractivity contribution in [2.45, 2.75) is 57.7 Å². The Morgan fingerprint density at radius 1 is 1.26 bits per heavy atom. The molecule has 3 heteroatoms. The van der Waals surface area contributed by atoms with Crippen LogP contribution in [0.1, 0.15) is 44.6 Å². The number of nitrogens with zero attached hydrogens (tertiary/aromatic N) is 1. The minimum Gasteiger partial charge on any atom is -0.369 e. The van der Waals surface area contributed by atoms with Crippen molar-refractivity contribution >= 4 is 21.6 Å². The number of anilines is 1. The van der Waals surface area contributed by atoms with Crippen molar-refractivity contribution in [2.24, 2.45) is 0 Å². The Morgan fingerprint density at radius 2 is 2.11 bits per heavy atom. The summed E-state index contributed by atoms with van der Waals surface area (Å²) in [5.74, 6) is 0. The van der Waals surface area contributed by atoms with Gasteiger partial charge in [0.05, 0.1) is 0 Å². The first kappa shape index (κ1) is 13.4. The van der Waals surface area contributed by atoms with Gasteiger partial charge >= 0.3 is 0 Å². The SMILES string of the molecule is CC1CCCCN1c1ccc(CNC2CC2)c(Br)c1. The highest BCUT2D eigenvalue weighted by atomic mass is 79.9. The van der Waals surface area contributed by atoms with E-state index in [-0.39, 0.29) is 0 Å². The summed E-state index contributed by atoms with van der Waals surface area (Å²) in [5.41, 5.74) is 2.74. The van der Waals surface area contributed by atoms with Crippen LogP contribution in [-0.4, -0.2) is 18.6 Å². The monoisotopic (exact) mass is 322 g/mol. The molecular formula is C16H23BrN2. The largest absolute Gasteiger partial charge is 0.369 e. The lowest BCUT2D eigenvalue weighted by atomic mass is 10.0. The fraction of sp³-hybridized carbons (Fsp3) is 0.625. The fourth-order valence-corrected chi connectivity index (χ4v) is 3.39. The second-order valence-electron chi connectivity index (χ2n) is 5.97. The van der Waals surface area contributed by atoms with Gasteiger partial charge in [0, 0.05) is 35.3 Å². The van der Waals surface area contributed by atoms with Crippen molar-refractivity contribution < 1.29 is 0 Å². The first-order chi connectivity index (χ1) is 9.24. The van der Waals surface area contributed by atoms with Crippen LogP contribution in [0.5, 0.6) is 0 Å². The van der Waals surface area contributed by atoms with Crippen molar-refractivity contribution in [1.29, 1.82) is 0 Å². The van der Waals surface area contributed by atoms with Gasteiger partial charge in [-0.1, -0.05) is 22.0 Å². The molecule has 1 aliphatic heterocycles. The molecule has 2 aliphatic rings. The van der Waals surface area contributed by atoms with Crippen molar-refractivity contribution in [1.82, 2.24) is 5.32 Å². The molecule has 2 fully saturated rings. The average Bonchev–Trinajstić information content (AvgIpc) is 3.22. The molecule has 104 valence electrons. The van der Waals surface area contributed by atoms with E-state index in [9.17, 15) is 0 Å². The van der Waals surface area contributed by atoms with Gasteiger partial charge in [-0.05, 0) is 56.7 Å². The molecule has 1 aromatic carbocycles. The van der Waals surface area contributed by atoms with Crippen LogP contribution in [0.25, 0.3) is 0 Å². The van der Waals surface area contributed by atoms with Crippen LogP contribution >= 0.6 is 15.9 Å². The minimum atomic E-state index is 0.677. The average molecular weight is 323 g/mol.